The van der Waals surface area contributed by atoms with Crippen molar-refractivity contribution in [3.8, 4) is 17.2 Å². The van der Waals surface area contributed by atoms with Crippen LogP contribution in [0.15, 0.2) is 12.1 Å². The van der Waals surface area contributed by atoms with Gasteiger partial charge >= 0.3 is 0 Å². The molecule has 1 aromatic carbocycles. The van der Waals surface area contributed by atoms with E-state index in [1.54, 1.807) is 33.5 Å². The Balaban J connectivity index is 3.35. The largest absolute Gasteiger partial charge is 0.496 e. The highest BCUT2D eigenvalue weighted by molar-refractivity contribution is 5.51. The topological polar surface area (TPSA) is 73.9 Å². The molecule has 1 rings (SSSR count). The van der Waals surface area contributed by atoms with E-state index < -0.39 is 11.5 Å². The van der Waals surface area contributed by atoms with E-state index in [1.807, 2.05) is 13.8 Å². The Morgan fingerprint density at radius 1 is 1.10 bits per heavy atom. The van der Waals surface area contributed by atoms with Crippen molar-refractivity contribution in [1.29, 1.82) is 0 Å². The monoisotopic (exact) mass is 283 g/mol. The highest BCUT2D eigenvalue weighted by atomic mass is 16.5. The second-order valence-corrected chi connectivity index (χ2v) is 5.06. The van der Waals surface area contributed by atoms with Crippen molar-refractivity contribution in [1.82, 2.24) is 0 Å². The normalized spacial score (nSPS) is 15.3. The first-order chi connectivity index (χ1) is 9.47. The van der Waals surface area contributed by atoms with Gasteiger partial charge in [-0.25, -0.2) is 0 Å². The molecule has 0 aromatic heterocycles. The fraction of sp³-hybridized carbons (Fsp3) is 0.600. The van der Waals surface area contributed by atoms with Crippen molar-refractivity contribution >= 4 is 0 Å². The van der Waals surface area contributed by atoms with Gasteiger partial charge in [-0.05, 0) is 12.5 Å². The van der Waals surface area contributed by atoms with Crippen LogP contribution in [0, 0.1) is 5.41 Å². The number of aliphatic hydroxyl groups is 1. The maximum absolute atomic E-state index is 10.7. The van der Waals surface area contributed by atoms with E-state index in [1.165, 1.54) is 0 Å². The molecule has 0 aliphatic heterocycles. The molecular formula is C15H25NO4. The number of benzene rings is 1. The van der Waals surface area contributed by atoms with Crippen molar-refractivity contribution in [3.05, 3.63) is 17.7 Å². The Morgan fingerprint density at radius 2 is 1.60 bits per heavy atom. The van der Waals surface area contributed by atoms with Gasteiger partial charge in [0.2, 0.25) is 0 Å². The van der Waals surface area contributed by atoms with Gasteiger partial charge in [0, 0.05) is 23.6 Å². The molecule has 0 radical (unpaired) electrons. The smallest absolute Gasteiger partial charge is 0.164 e. The lowest BCUT2D eigenvalue weighted by atomic mass is 9.78. The van der Waals surface area contributed by atoms with Crippen LogP contribution >= 0.6 is 0 Å². The van der Waals surface area contributed by atoms with E-state index in [9.17, 15) is 5.11 Å². The van der Waals surface area contributed by atoms with Gasteiger partial charge in [0.05, 0.1) is 27.4 Å². The van der Waals surface area contributed by atoms with E-state index in [-0.39, 0.29) is 0 Å². The molecule has 2 unspecified atom stereocenters. The highest BCUT2D eigenvalue weighted by Crippen LogP contribution is 2.44. The summed E-state index contributed by atoms with van der Waals surface area (Å²) in [5.74, 6) is 1.67. The molecule has 0 amide bonds. The molecule has 20 heavy (non-hydrogen) atoms. The van der Waals surface area contributed by atoms with Crippen LogP contribution < -0.4 is 19.9 Å². The summed E-state index contributed by atoms with van der Waals surface area (Å²) < 4.78 is 15.9. The minimum Gasteiger partial charge on any atom is -0.496 e. The number of aliphatic hydroxyl groups excluding tert-OH is 1. The van der Waals surface area contributed by atoms with E-state index >= 15 is 0 Å². The van der Waals surface area contributed by atoms with Gasteiger partial charge in [0.1, 0.15) is 5.75 Å². The summed E-state index contributed by atoms with van der Waals surface area (Å²) in [7, 11) is 4.68. The number of hydrogen-bond donors (Lipinski definition) is 2. The van der Waals surface area contributed by atoms with Crippen LogP contribution in [0.3, 0.4) is 0 Å². The molecule has 0 spiro atoms. The maximum Gasteiger partial charge on any atom is 0.164 e. The minimum absolute atomic E-state index is 0.377. The van der Waals surface area contributed by atoms with Crippen molar-refractivity contribution in [2.45, 2.75) is 26.4 Å². The van der Waals surface area contributed by atoms with Crippen LogP contribution in [0.1, 0.15) is 31.9 Å². The quantitative estimate of drug-likeness (QED) is 0.802. The lowest BCUT2D eigenvalue weighted by Gasteiger charge is -2.33. The molecule has 1 aromatic rings. The van der Waals surface area contributed by atoms with Gasteiger partial charge in [-0.2, -0.15) is 0 Å². The van der Waals surface area contributed by atoms with Gasteiger partial charge in [-0.3, -0.25) is 0 Å². The molecular weight excluding hydrogens is 258 g/mol. The Kier molecular flexibility index (Phi) is 5.65. The third-order valence-electron chi connectivity index (χ3n) is 3.96. The molecule has 0 aliphatic rings. The van der Waals surface area contributed by atoms with Crippen LogP contribution in [-0.4, -0.2) is 33.0 Å². The number of nitrogens with two attached hydrogens (primary N) is 1. The summed E-state index contributed by atoms with van der Waals surface area (Å²) in [6.07, 6.45) is 0.00887. The minimum atomic E-state index is -0.743. The third-order valence-corrected chi connectivity index (χ3v) is 3.96. The number of rotatable bonds is 7. The summed E-state index contributed by atoms with van der Waals surface area (Å²) >= 11 is 0. The SMILES string of the molecule is CCC(C)(CN)C(O)c1cc(OC)c(OC)cc1OC. The first-order valence-electron chi connectivity index (χ1n) is 6.65. The molecule has 0 aliphatic carbocycles. The standard InChI is InChI=1S/C15H25NO4/c1-6-15(2,9-16)14(17)10-7-12(19-4)13(20-5)8-11(10)18-3/h7-8,14,17H,6,9,16H2,1-5H3. The molecule has 0 fully saturated rings. The Hall–Kier alpha value is -1.46. The zero-order valence-electron chi connectivity index (χ0n) is 12.9. The molecule has 0 bridgehead atoms. The van der Waals surface area contributed by atoms with Crippen LogP contribution in [0.4, 0.5) is 0 Å². The maximum atomic E-state index is 10.7. The molecule has 2 atom stereocenters. The lowest BCUT2D eigenvalue weighted by molar-refractivity contribution is 0.0370. The molecule has 0 saturated heterocycles. The second kappa shape index (κ2) is 6.81. The zero-order chi connectivity index (χ0) is 15.3. The van der Waals surface area contributed by atoms with Gasteiger partial charge in [-0.1, -0.05) is 13.8 Å². The van der Waals surface area contributed by atoms with Gasteiger partial charge in [-0.15, -0.1) is 0 Å². The number of hydrogen-bond acceptors (Lipinski definition) is 5. The zero-order valence-corrected chi connectivity index (χ0v) is 12.9. The first kappa shape index (κ1) is 16.6. The average molecular weight is 283 g/mol. The van der Waals surface area contributed by atoms with Gasteiger partial charge in [0.25, 0.3) is 0 Å². The van der Waals surface area contributed by atoms with Gasteiger partial charge in [0.15, 0.2) is 11.5 Å². The number of ether oxygens (including phenoxy) is 3. The van der Waals surface area contributed by atoms with Crippen molar-refractivity contribution in [2.24, 2.45) is 11.1 Å². The molecule has 0 heterocycles. The Labute approximate surface area is 120 Å². The van der Waals surface area contributed by atoms with Crippen LogP contribution in [0.25, 0.3) is 0 Å². The molecule has 114 valence electrons. The second-order valence-electron chi connectivity index (χ2n) is 5.06. The van der Waals surface area contributed by atoms with Crippen molar-refractivity contribution in [2.75, 3.05) is 27.9 Å². The van der Waals surface area contributed by atoms with Crippen LogP contribution in [0.5, 0.6) is 17.2 Å². The fourth-order valence-electron chi connectivity index (χ4n) is 2.09. The highest BCUT2D eigenvalue weighted by Gasteiger charge is 2.33. The molecule has 0 saturated carbocycles. The summed E-state index contributed by atoms with van der Waals surface area (Å²) in [6.45, 7) is 4.33. The van der Waals surface area contributed by atoms with E-state index in [2.05, 4.69) is 0 Å². The van der Waals surface area contributed by atoms with E-state index in [0.717, 1.165) is 6.42 Å². The molecule has 5 nitrogen and oxygen atoms in total. The average Bonchev–Trinajstić information content (AvgIpc) is 2.51. The molecule has 5 heteroatoms. The van der Waals surface area contributed by atoms with Crippen LogP contribution in [0.2, 0.25) is 0 Å². The predicted molar refractivity (Wildman–Crippen MR) is 78.5 cm³/mol. The summed E-state index contributed by atoms with van der Waals surface area (Å²) in [4.78, 5) is 0. The van der Waals surface area contributed by atoms with Crippen LogP contribution in [-0.2, 0) is 0 Å². The van der Waals surface area contributed by atoms with Crippen molar-refractivity contribution in [3.63, 3.8) is 0 Å². The fourth-order valence-corrected chi connectivity index (χ4v) is 2.09. The summed E-state index contributed by atoms with van der Waals surface area (Å²) in [5.41, 5.74) is 6.05. The summed E-state index contributed by atoms with van der Waals surface area (Å²) in [6, 6.07) is 3.45. The lowest BCUT2D eigenvalue weighted by Crippen LogP contribution is -2.33. The van der Waals surface area contributed by atoms with E-state index in [0.29, 0.717) is 29.4 Å². The first-order valence-corrected chi connectivity index (χ1v) is 6.65. The Bertz CT molecular complexity index is 444. The molecule has 3 N–H and O–H groups in total. The van der Waals surface area contributed by atoms with E-state index in [4.69, 9.17) is 19.9 Å². The summed E-state index contributed by atoms with van der Waals surface area (Å²) in [5, 5.41) is 10.7. The third kappa shape index (κ3) is 2.99. The van der Waals surface area contributed by atoms with Crippen molar-refractivity contribution < 1.29 is 19.3 Å². The predicted octanol–water partition coefficient (Wildman–Crippen LogP) is 2.12. The number of methoxy groups -OCH3 is 3. The Morgan fingerprint density at radius 3 is 2.00 bits per heavy atom. The van der Waals surface area contributed by atoms with Gasteiger partial charge < -0.3 is 25.1 Å².